The van der Waals surface area contributed by atoms with Gasteiger partial charge in [0.2, 0.25) is 15.9 Å². The molecule has 0 saturated carbocycles. The molecule has 2 aromatic rings. The number of amides is 1. The molecule has 2 aromatic carbocycles. The number of carbonyl (C=O) groups is 1. The molecule has 1 N–H and O–H groups in total. The summed E-state index contributed by atoms with van der Waals surface area (Å²) in [4.78, 5) is 13.7. The van der Waals surface area contributed by atoms with Gasteiger partial charge in [-0.3, -0.25) is 4.79 Å². The van der Waals surface area contributed by atoms with Crippen molar-refractivity contribution in [3.63, 3.8) is 0 Å². The minimum Gasteiger partial charge on any atom is -0.342 e. The first-order chi connectivity index (χ1) is 14.2. The molecule has 1 fully saturated rings. The van der Waals surface area contributed by atoms with E-state index in [1.165, 1.54) is 0 Å². The highest BCUT2D eigenvalue weighted by atomic mass is 32.2. The Morgan fingerprint density at radius 1 is 1.10 bits per heavy atom. The molecule has 0 aromatic heterocycles. The molecule has 3 rings (SSSR count). The molecule has 30 heavy (non-hydrogen) atoms. The number of hydrogen-bond donors (Lipinski definition) is 1. The van der Waals surface area contributed by atoms with Crippen LogP contribution in [0.25, 0.3) is 11.1 Å². The summed E-state index contributed by atoms with van der Waals surface area (Å²) in [6.45, 7) is 5.89. The number of carbonyl (C=O) groups excluding carboxylic acids is 1. The molecular weight excluding hydrogens is 398 g/mol. The SMILES string of the molecule is CC(=O)N1CC[C@@H](NS(=O)(=O)C(C)C)[C@H](c2ccc(-c3ccc(C#N)cc3)cc2)C1. The van der Waals surface area contributed by atoms with Crippen LogP contribution >= 0.6 is 0 Å². The largest absolute Gasteiger partial charge is 0.342 e. The molecule has 1 saturated heterocycles. The van der Waals surface area contributed by atoms with Crippen LogP contribution in [-0.2, 0) is 14.8 Å². The Hall–Kier alpha value is -2.69. The highest BCUT2D eigenvalue weighted by Crippen LogP contribution is 2.30. The number of rotatable bonds is 5. The van der Waals surface area contributed by atoms with Gasteiger partial charge >= 0.3 is 0 Å². The first kappa shape index (κ1) is 22.0. The Morgan fingerprint density at radius 2 is 1.67 bits per heavy atom. The van der Waals surface area contributed by atoms with E-state index in [9.17, 15) is 13.2 Å². The molecule has 6 nitrogen and oxygen atoms in total. The molecule has 0 spiro atoms. The highest BCUT2D eigenvalue weighted by molar-refractivity contribution is 7.90. The van der Waals surface area contributed by atoms with E-state index in [0.29, 0.717) is 25.1 Å². The van der Waals surface area contributed by atoms with E-state index in [1.807, 2.05) is 36.4 Å². The van der Waals surface area contributed by atoms with Crippen LogP contribution < -0.4 is 4.72 Å². The van der Waals surface area contributed by atoms with Gasteiger partial charge in [-0.2, -0.15) is 5.26 Å². The fourth-order valence-electron chi connectivity index (χ4n) is 3.72. The third-order valence-corrected chi connectivity index (χ3v) is 7.55. The zero-order valence-corrected chi connectivity index (χ0v) is 18.3. The molecule has 7 heteroatoms. The molecular formula is C23H27N3O3S. The Morgan fingerprint density at radius 3 is 2.17 bits per heavy atom. The van der Waals surface area contributed by atoms with Crippen LogP contribution in [0.2, 0.25) is 0 Å². The maximum atomic E-state index is 12.5. The van der Waals surface area contributed by atoms with Gasteiger partial charge in [-0.15, -0.1) is 0 Å². The molecule has 158 valence electrons. The summed E-state index contributed by atoms with van der Waals surface area (Å²) in [6, 6.07) is 17.2. The summed E-state index contributed by atoms with van der Waals surface area (Å²) in [5.74, 6) is -0.120. The van der Waals surface area contributed by atoms with Crippen LogP contribution in [0, 0.1) is 11.3 Å². The maximum Gasteiger partial charge on any atom is 0.219 e. The average Bonchev–Trinajstić information content (AvgIpc) is 2.74. The fraction of sp³-hybridized carbons (Fsp3) is 0.391. The van der Waals surface area contributed by atoms with Gasteiger partial charge in [0.25, 0.3) is 0 Å². The summed E-state index contributed by atoms with van der Waals surface area (Å²) < 4.78 is 27.8. The van der Waals surface area contributed by atoms with Crippen molar-refractivity contribution in [2.75, 3.05) is 13.1 Å². The van der Waals surface area contributed by atoms with Crippen LogP contribution in [0.1, 0.15) is 44.2 Å². The first-order valence-corrected chi connectivity index (χ1v) is 11.6. The van der Waals surface area contributed by atoms with Crippen LogP contribution in [0.15, 0.2) is 48.5 Å². The molecule has 0 aliphatic carbocycles. The molecule has 1 heterocycles. The number of hydrogen-bond acceptors (Lipinski definition) is 4. The topological polar surface area (TPSA) is 90.3 Å². The Bertz CT molecular complexity index is 1040. The van der Waals surface area contributed by atoms with Crippen molar-refractivity contribution in [3.05, 3.63) is 59.7 Å². The first-order valence-electron chi connectivity index (χ1n) is 10.1. The van der Waals surface area contributed by atoms with Gasteiger partial charge in [0.1, 0.15) is 0 Å². The predicted molar refractivity (Wildman–Crippen MR) is 117 cm³/mol. The maximum absolute atomic E-state index is 12.5. The molecule has 0 bridgehead atoms. The van der Waals surface area contributed by atoms with Gasteiger partial charge in [0.05, 0.1) is 16.9 Å². The zero-order chi connectivity index (χ0) is 21.9. The van der Waals surface area contributed by atoms with Crippen molar-refractivity contribution in [1.29, 1.82) is 5.26 Å². The van der Waals surface area contributed by atoms with E-state index in [0.717, 1.165) is 16.7 Å². The molecule has 2 atom stereocenters. The second-order valence-electron chi connectivity index (χ2n) is 7.99. The summed E-state index contributed by atoms with van der Waals surface area (Å²) in [6.07, 6.45) is 0.577. The Kier molecular flexibility index (Phi) is 6.59. The lowest BCUT2D eigenvalue weighted by Crippen LogP contribution is -2.51. The minimum absolute atomic E-state index is 0.000584. The Balaban J connectivity index is 1.87. The predicted octanol–water partition coefficient (Wildman–Crippen LogP) is 3.26. The number of nitriles is 1. The number of nitrogens with zero attached hydrogens (tertiary/aromatic N) is 2. The standard InChI is InChI=1S/C23H27N3O3S/c1-16(2)30(28,29)25-23-12-13-26(17(3)27)15-22(23)21-10-8-20(9-11-21)19-6-4-18(14-24)5-7-19/h4-11,16,22-23,25H,12-13,15H2,1-3H3/t22-,23+/m0/s1. The molecule has 1 aliphatic rings. The van der Waals surface area contributed by atoms with Crippen molar-refractivity contribution in [2.24, 2.45) is 0 Å². The molecule has 0 unspecified atom stereocenters. The quantitative estimate of drug-likeness (QED) is 0.796. The van der Waals surface area contributed by atoms with Gasteiger partial charge in [0, 0.05) is 32.0 Å². The summed E-state index contributed by atoms with van der Waals surface area (Å²) in [5.41, 5.74) is 3.63. The fourth-order valence-corrected chi connectivity index (χ4v) is 4.70. The smallest absolute Gasteiger partial charge is 0.219 e. The molecule has 1 aliphatic heterocycles. The van der Waals surface area contributed by atoms with Crippen LogP contribution in [0.3, 0.4) is 0 Å². The van der Waals surface area contributed by atoms with Gasteiger partial charge in [0.15, 0.2) is 0 Å². The van der Waals surface area contributed by atoms with Crippen LogP contribution in [-0.4, -0.2) is 43.6 Å². The lowest BCUT2D eigenvalue weighted by Gasteiger charge is -2.39. The van der Waals surface area contributed by atoms with E-state index in [2.05, 4.69) is 10.8 Å². The molecule has 1 amide bonds. The Labute approximate surface area is 178 Å². The van der Waals surface area contributed by atoms with Gasteiger partial charge in [-0.05, 0) is 49.1 Å². The van der Waals surface area contributed by atoms with Gasteiger partial charge < -0.3 is 4.90 Å². The molecule has 0 radical (unpaired) electrons. The van der Waals surface area contributed by atoms with E-state index >= 15 is 0 Å². The van der Waals surface area contributed by atoms with Crippen molar-refractivity contribution in [1.82, 2.24) is 9.62 Å². The zero-order valence-electron chi connectivity index (χ0n) is 17.5. The van der Waals surface area contributed by atoms with E-state index in [-0.39, 0.29) is 17.9 Å². The van der Waals surface area contributed by atoms with E-state index in [1.54, 1.807) is 37.8 Å². The third-order valence-electron chi connectivity index (χ3n) is 5.68. The summed E-state index contributed by atoms with van der Waals surface area (Å²) >= 11 is 0. The number of likely N-dealkylation sites (tertiary alicyclic amines) is 1. The highest BCUT2D eigenvalue weighted by Gasteiger charge is 2.34. The average molecular weight is 426 g/mol. The van der Waals surface area contributed by atoms with Crippen molar-refractivity contribution < 1.29 is 13.2 Å². The van der Waals surface area contributed by atoms with E-state index < -0.39 is 15.3 Å². The van der Waals surface area contributed by atoms with E-state index in [4.69, 9.17) is 5.26 Å². The van der Waals surface area contributed by atoms with Crippen molar-refractivity contribution >= 4 is 15.9 Å². The monoisotopic (exact) mass is 425 g/mol. The van der Waals surface area contributed by atoms with Crippen LogP contribution in [0.4, 0.5) is 0 Å². The lowest BCUT2D eigenvalue weighted by atomic mass is 9.86. The summed E-state index contributed by atoms with van der Waals surface area (Å²) in [7, 11) is -3.41. The number of nitrogens with one attached hydrogen (secondary N) is 1. The third kappa shape index (κ3) is 4.89. The number of benzene rings is 2. The lowest BCUT2D eigenvalue weighted by molar-refractivity contribution is -0.130. The second kappa shape index (κ2) is 8.99. The van der Waals surface area contributed by atoms with Gasteiger partial charge in [-0.1, -0.05) is 36.4 Å². The number of piperidine rings is 1. The van der Waals surface area contributed by atoms with Crippen molar-refractivity contribution in [2.45, 2.75) is 44.4 Å². The number of sulfonamides is 1. The normalized spacial score (nSPS) is 19.5. The minimum atomic E-state index is -3.41. The summed E-state index contributed by atoms with van der Waals surface area (Å²) in [5, 5.41) is 8.44. The van der Waals surface area contributed by atoms with Crippen molar-refractivity contribution in [3.8, 4) is 17.2 Å². The van der Waals surface area contributed by atoms with Crippen LogP contribution in [0.5, 0.6) is 0 Å². The second-order valence-corrected chi connectivity index (χ2v) is 10.3. The van der Waals surface area contributed by atoms with Gasteiger partial charge in [-0.25, -0.2) is 13.1 Å².